The first kappa shape index (κ1) is 9.73. The Morgan fingerprint density at radius 3 is 2.85 bits per heavy atom. The first-order valence-corrected chi connectivity index (χ1v) is 4.20. The normalized spacial score (nSPS) is 10.3. The van der Waals surface area contributed by atoms with Crippen molar-refractivity contribution in [1.82, 2.24) is 9.78 Å². The maximum atomic E-state index is 11.4. The van der Waals surface area contributed by atoms with E-state index in [4.69, 9.17) is 11.5 Å². The molecule has 1 rings (SSSR count). The van der Waals surface area contributed by atoms with Gasteiger partial charge in [-0.3, -0.25) is 4.79 Å². The van der Waals surface area contributed by atoms with Gasteiger partial charge in [0, 0.05) is 18.2 Å². The van der Waals surface area contributed by atoms with E-state index in [1.54, 1.807) is 13.0 Å². The summed E-state index contributed by atoms with van der Waals surface area (Å²) in [7, 11) is 0. The van der Waals surface area contributed by atoms with Crippen molar-refractivity contribution in [2.24, 2.45) is 5.73 Å². The molecule has 0 aromatic carbocycles. The average molecular weight is 182 g/mol. The molecule has 0 aliphatic heterocycles. The third-order valence-electron chi connectivity index (χ3n) is 1.74. The number of nitrogen functional groups attached to an aromatic ring is 1. The predicted molar refractivity (Wildman–Crippen MR) is 50.3 cm³/mol. The zero-order valence-corrected chi connectivity index (χ0v) is 7.66. The predicted octanol–water partition coefficient (Wildman–Crippen LogP) is 0.153. The monoisotopic (exact) mass is 182 g/mol. The van der Waals surface area contributed by atoms with Crippen molar-refractivity contribution in [2.45, 2.75) is 19.8 Å². The van der Waals surface area contributed by atoms with Crippen LogP contribution in [0.15, 0.2) is 6.07 Å². The highest BCUT2D eigenvalue weighted by atomic mass is 16.2. The van der Waals surface area contributed by atoms with Crippen LogP contribution in [-0.4, -0.2) is 22.2 Å². The van der Waals surface area contributed by atoms with Gasteiger partial charge >= 0.3 is 0 Å². The summed E-state index contributed by atoms with van der Waals surface area (Å²) in [6.07, 6.45) is 1.09. The van der Waals surface area contributed by atoms with E-state index >= 15 is 0 Å². The second-order valence-electron chi connectivity index (χ2n) is 2.91. The Kier molecular flexibility index (Phi) is 3.02. The second kappa shape index (κ2) is 4.04. The van der Waals surface area contributed by atoms with Gasteiger partial charge in [0.1, 0.15) is 5.82 Å². The Hall–Kier alpha value is -1.36. The van der Waals surface area contributed by atoms with Crippen LogP contribution >= 0.6 is 0 Å². The Labute approximate surface area is 76.7 Å². The summed E-state index contributed by atoms with van der Waals surface area (Å²) < 4.78 is 1.32. The van der Waals surface area contributed by atoms with Gasteiger partial charge in [0.05, 0.1) is 0 Å². The van der Waals surface area contributed by atoms with Crippen LogP contribution < -0.4 is 11.5 Å². The summed E-state index contributed by atoms with van der Waals surface area (Å²) in [4.78, 5) is 11.4. The van der Waals surface area contributed by atoms with Crippen molar-refractivity contribution in [3.8, 4) is 0 Å². The number of hydrogen-bond donors (Lipinski definition) is 2. The molecule has 0 aliphatic rings. The lowest BCUT2D eigenvalue weighted by Gasteiger charge is -2.00. The first-order valence-electron chi connectivity index (χ1n) is 4.20. The number of nitrogens with zero attached hydrogens (tertiary/aromatic N) is 2. The van der Waals surface area contributed by atoms with E-state index < -0.39 is 0 Å². The highest BCUT2D eigenvalue weighted by Gasteiger charge is 2.08. The molecule has 4 N–H and O–H groups in total. The van der Waals surface area contributed by atoms with Crippen molar-refractivity contribution >= 4 is 11.7 Å². The minimum Gasteiger partial charge on any atom is -0.382 e. The van der Waals surface area contributed by atoms with Crippen LogP contribution in [0, 0.1) is 6.92 Å². The number of carbonyl (C=O) groups is 1. The lowest BCUT2D eigenvalue weighted by atomic mass is 10.3. The van der Waals surface area contributed by atoms with Gasteiger partial charge in [0.2, 0.25) is 5.91 Å². The number of hydrogen-bond acceptors (Lipinski definition) is 4. The molecule has 0 atom stereocenters. The molecule has 0 saturated carbocycles. The zero-order chi connectivity index (χ0) is 9.84. The van der Waals surface area contributed by atoms with E-state index in [-0.39, 0.29) is 5.91 Å². The van der Waals surface area contributed by atoms with E-state index in [2.05, 4.69) is 5.10 Å². The van der Waals surface area contributed by atoms with Crippen LogP contribution in [0.2, 0.25) is 0 Å². The molecule has 0 bridgehead atoms. The van der Waals surface area contributed by atoms with Gasteiger partial charge in [-0.15, -0.1) is 5.10 Å². The molecule has 1 aromatic rings. The van der Waals surface area contributed by atoms with Gasteiger partial charge in [-0.25, -0.2) is 4.68 Å². The SMILES string of the molecule is Cc1cc(N)nn1C(=O)CCCN. The Balaban J connectivity index is 2.70. The van der Waals surface area contributed by atoms with Crippen molar-refractivity contribution in [3.63, 3.8) is 0 Å². The summed E-state index contributed by atoms with van der Waals surface area (Å²) in [6.45, 7) is 2.31. The molecule has 0 radical (unpaired) electrons. The fourth-order valence-electron chi connectivity index (χ4n) is 1.11. The van der Waals surface area contributed by atoms with E-state index in [9.17, 15) is 4.79 Å². The van der Waals surface area contributed by atoms with Crippen LogP contribution in [0.5, 0.6) is 0 Å². The molecule has 0 amide bonds. The molecular weight excluding hydrogens is 168 g/mol. The van der Waals surface area contributed by atoms with Gasteiger partial charge in [-0.1, -0.05) is 0 Å². The van der Waals surface area contributed by atoms with Crippen LogP contribution in [-0.2, 0) is 0 Å². The van der Waals surface area contributed by atoms with E-state index in [1.807, 2.05) is 0 Å². The lowest BCUT2D eigenvalue weighted by molar-refractivity contribution is 0.0883. The average Bonchev–Trinajstić information content (AvgIpc) is 2.41. The van der Waals surface area contributed by atoms with Crippen molar-refractivity contribution in [1.29, 1.82) is 0 Å². The molecule has 0 unspecified atom stereocenters. The minimum atomic E-state index is -0.0559. The second-order valence-corrected chi connectivity index (χ2v) is 2.91. The zero-order valence-electron chi connectivity index (χ0n) is 7.66. The van der Waals surface area contributed by atoms with Gasteiger partial charge in [-0.05, 0) is 19.9 Å². The molecule has 0 aliphatic carbocycles. The number of nitrogens with two attached hydrogens (primary N) is 2. The highest BCUT2D eigenvalue weighted by Crippen LogP contribution is 2.05. The van der Waals surface area contributed by atoms with E-state index in [0.717, 1.165) is 5.69 Å². The largest absolute Gasteiger partial charge is 0.382 e. The number of carbonyl (C=O) groups excluding carboxylic acids is 1. The maximum Gasteiger partial charge on any atom is 0.247 e. The van der Waals surface area contributed by atoms with Crippen LogP contribution in [0.3, 0.4) is 0 Å². The Bertz CT molecular complexity index is 305. The summed E-state index contributed by atoms with van der Waals surface area (Å²) in [5.41, 5.74) is 11.5. The Morgan fingerprint density at radius 2 is 2.38 bits per heavy atom. The standard InChI is InChI=1S/C8H14N4O/c1-6-5-7(10)11-12(6)8(13)3-2-4-9/h5H,2-4,9H2,1H3,(H2,10,11). The van der Waals surface area contributed by atoms with Crippen molar-refractivity contribution in [3.05, 3.63) is 11.8 Å². The Morgan fingerprint density at radius 1 is 1.69 bits per heavy atom. The van der Waals surface area contributed by atoms with E-state index in [0.29, 0.717) is 25.2 Å². The van der Waals surface area contributed by atoms with Crippen molar-refractivity contribution in [2.75, 3.05) is 12.3 Å². The quantitative estimate of drug-likeness (QED) is 0.696. The van der Waals surface area contributed by atoms with Gasteiger partial charge in [-0.2, -0.15) is 0 Å². The molecule has 0 fully saturated rings. The molecule has 5 heteroatoms. The number of aromatic nitrogens is 2. The summed E-state index contributed by atoms with van der Waals surface area (Å²) in [5, 5.41) is 3.87. The molecule has 5 nitrogen and oxygen atoms in total. The molecule has 72 valence electrons. The molecule has 0 saturated heterocycles. The molecule has 1 heterocycles. The third-order valence-corrected chi connectivity index (χ3v) is 1.74. The van der Waals surface area contributed by atoms with Crippen molar-refractivity contribution < 1.29 is 4.79 Å². The number of aryl methyl sites for hydroxylation is 1. The maximum absolute atomic E-state index is 11.4. The summed E-state index contributed by atoms with van der Waals surface area (Å²) in [5.74, 6) is 0.318. The smallest absolute Gasteiger partial charge is 0.247 e. The molecule has 1 aromatic heterocycles. The minimum absolute atomic E-state index is 0.0559. The third kappa shape index (κ3) is 2.29. The van der Waals surface area contributed by atoms with Crippen LogP contribution in [0.25, 0.3) is 0 Å². The molecular formula is C8H14N4O. The lowest BCUT2D eigenvalue weighted by Crippen LogP contribution is -2.15. The highest BCUT2D eigenvalue weighted by molar-refractivity contribution is 5.79. The van der Waals surface area contributed by atoms with Crippen LogP contribution in [0.4, 0.5) is 5.82 Å². The summed E-state index contributed by atoms with van der Waals surface area (Å²) >= 11 is 0. The number of rotatable bonds is 3. The van der Waals surface area contributed by atoms with Gasteiger partial charge in [0.15, 0.2) is 0 Å². The summed E-state index contributed by atoms with van der Waals surface area (Å²) in [6, 6.07) is 1.67. The fourth-order valence-corrected chi connectivity index (χ4v) is 1.11. The topological polar surface area (TPSA) is 86.9 Å². The van der Waals surface area contributed by atoms with Gasteiger partial charge in [0.25, 0.3) is 0 Å². The first-order chi connectivity index (χ1) is 6.15. The van der Waals surface area contributed by atoms with E-state index in [1.165, 1.54) is 4.68 Å². The fraction of sp³-hybridized carbons (Fsp3) is 0.500. The number of anilines is 1. The molecule has 13 heavy (non-hydrogen) atoms. The molecule has 0 spiro atoms. The van der Waals surface area contributed by atoms with Gasteiger partial charge < -0.3 is 11.5 Å². The van der Waals surface area contributed by atoms with Crippen LogP contribution in [0.1, 0.15) is 23.3 Å².